The molecule has 0 aliphatic rings. The number of H-pyrrole nitrogens is 1. The number of nitrogens with one attached hydrogen (secondary N) is 1. The Balaban J connectivity index is 2.30. The van der Waals surface area contributed by atoms with Crippen molar-refractivity contribution >= 4 is 11.0 Å². The van der Waals surface area contributed by atoms with Crippen LogP contribution in [0.5, 0.6) is 5.75 Å². The number of halogens is 3. The second-order valence-electron chi connectivity index (χ2n) is 3.98. The lowest BCUT2D eigenvalue weighted by Crippen LogP contribution is -1.87. The monoisotopic (exact) mass is 264 g/mol. The van der Waals surface area contributed by atoms with Gasteiger partial charge in [0, 0.05) is 0 Å². The number of aromatic hydroxyl groups is 1. The molecule has 0 saturated heterocycles. The number of fused-ring (bicyclic) bond motifs is 1. The molecule has 0 radical (unpaired) electrons. The Bertz CT molecular complexity index is 763. The van der Waals surface area contributed by atoms with Crippen molar-refractivity contribution in [2.75, 3.05) is 0 Å². The maximum absolute atomic E-state index is 13.7. The highest BCUT2D eigenvalue weighted by atomic mass is 19.2. The molecule has 3 nitrogen and oxygen atoms in total. The second-order valence-corrected chi connectivity index (χ2v) is 3.98. The molecule has 3 aromatic rings. The van der Waals surface area contributed by atoms with Gasteiger partial charge in [-0.25, -0.2) is 18.2 Å². The number of benzene rings is 2. The molecule has 0 atom stereocenters. The molecule has 3 rings (SSSR count). The smallest absolute Gasteiger partial charge is 0.186 e. The Kier molecular flexibility index (Phi) is 2.45. The summed E-state index contributed by atoms with van der Waals surface area (Å²) < 4.78 is 40.2. The van der Waals surface area contributed by atoms with Gasteiger partial charge in [-0.05, 0) is 24.3 Å². The van der Waals surface area contributed by atoms with Crippen molar-refractivity contribution in [3.63, 3.8) is 0 Å². The molecule has 2 aromatic carbocycles. The normalized spacial score (nSPS) is 11.1. The van der Waals surface area contributed by atoms with Crippen molar-refractivity contribution < 1.29 is 18.3 Å². The fraction of sp³-hybridized carbons (Fsp3) is 0. The van der Waals surface area contributed by atoms with E-state index in [9.17, 15) is 18.3 Å². The van der Waals surface area contributed by atoms with Crippen LogP contribution in [0.15, 0.2) is 30.3 Å². The second kappa shape index (κ2) is 4.01. The lowest BCUT2D eigenvalue weighted by Gasteiger charge is -2.01. The van der Waals surface area contributed by atoms with Gasteiger partial charge >= 0.3 is 0 Å². The van der Waals surface area contributed by atoms with Gasteiger partial charge in [0.05, 0.1) is 11.1 Å². The van der Waals surface area contributed by atoms with E-state index in [2.05, 4.69) is 9.97 Å². The van der Waals surface area contributed by atoms with E-state index >= 15 is 0 Å². The fourth-order valence-electron chi connectivity index (χ4n) is 1.88. The first-order chi connectivity index (χ1) is 9.08. The molecule has 96 valence electrons. The first-order valence-electron chi connectivity index (χ1n) is 5.39. The summed E-state index contributed by atoms with van der Waals surface area (Å²) in [5.41, 5.74) is -0.201. The molecule has 0 fully saturated rings. The predicted molar refractivity (Wildman–Crippen MR) is 63.1 cm³/mol. The largest absolute Gasteiger partial charge is 0.507 e. The highest BCUT2D eigenvalue weighted by Gasteiger charge is 2.17. The van der Waals surface area contributed by atoms with Crippen molar-refractivity contribution in [3.05, 3.63) is 47.8 Å². The van der Waals surface area contributed by atoms with Gasteiger partial charge in [-0.15, -0.1) is 0 Å². The molecule has 1 heterocycles. The van der Waals surface area contributed by atoms with Crippen LogP contribution in [0.4, 0.5) is 13.2 Å². The van der Waals surface area contributed by atoms with E-state index in [4.69, 9.17) is 0 Å². The van der Waals surface area contributed by atoms with Gasteiger partial charge in [0.15, 0.2) is 11.6 Å². The van der Waals surface area contributed by atoms with Crippen LogP contribution in [-0.2, 0) is 0 Å². The van der Waals surface area contributed by atoms with E-state index in [1.54, 1.807) is 0 Å². The van der Waals surface area contributed by atoms with E-state index in [-0.39, 0.29) is 28.2 Å². The van der Waals surface area contributed by atoms with Crippen molar-refractivity contribution in [3.8, 4) is 17.1 Å². The van der Waals surface area contributed by atoms with E-state index in [0.29, 0.717) is 0 Å². The average Bonchev–Trinajstić information content (AvgIpc) is 2.78. The molecular weight excluding hydrogens is 257 g/mol. The number of aromatic amines is 1. The number of phenolic OH excluding ortho intramolecular Hbond substituents is 1. The minimum atomic E-state index is -1.11. The third-order valence-corrected chi connectivity index (χ3v) is 2.77. The van der Waals surface area contributed by atoms with E-state index in [1.165, 1.54) is 18.2 Å². The first-order valence-corrected chi connectivity index (χ1v) is 5.39. The Morgan fingerprint density at radius 3 is 2.53 bits per heavy atom. The SMILES string of the molecule is Oc1cccc(F)c1-c1nc2c(F)c(F)ccc2[nH]1. The van der Waals surface area contributed by atoms with Crippen molar-refractivity contribution in [2.45, 2.75) is 0 Å². The zero-order chi connectivity index (χ0) is 13.6. The third kappa shape index (κ3) is 1.72. The highest BCUT2D eigenvalue weighted by molar-refractivity contribution is 5.81. The van der Waals surface area contributed by atoms with Crippen LogP contribution in [0.3, 0.4) is 0 Å². The third-order valence-electron chi connectivity index (χ3n) is 2.77. The minimum Gasteiger partial charge on any atom is -0.507 e. The number of phenols is 1. The summed E-state index contributed by atoms with van der Waals surface area (Å²) in [7, 11) is 0. The number of aromatic nitrogens is 2. The van der Waals surface area contributed by atoms with Crippen LogP contribution in [0.25, 0.3) is 22.4 Å². The molecule has 6 heteroatoms. The number of hydrogen-bond acceptors (Lipinski definition) is 2. The molecule has 0 aliphatic heterocycles. The van der Waals surface area contributed by atoms with Crippen LogP contribution in [0.1, 0.15) is 0 Å². The van der Waals surface area contributed by atoms with Gasteiger partial charge in [0.2, 0.25) is 0 Å². The average molecular weight is 264 g/mol. The quantitative estimate of drug-likeness (QED) is 0.708. The number of rotatable bonds is 1. The van der Waals surface area contributed by atoms with Gasteiger partial charge in [0.25, 0.3) is 0 Å². The number of hydrogen-bond donors (Lipinski definition) is 2. The summed E-state index contributed by atoms with van der Waals surface area (Å²) in [5, 5.41) is 9.63. The first kappa shape index (κ1) is 11.6. The summed E-state index contributed by atoms with van der Waals surface area (Å²) in [4.78, 5) is 6.44. The van der Waals surface area contributed by atoms with Gasteiger partial charge < -0.3 is 10.1 Å². The minimum absolute atomic E-state index is 0.0601. The molecule has 19 heavy (non-hydrogen) atoms. The van der Waals surface area contributed by atoms with E-state index < -0.39 is 17.5 Å². The number of nitrogens with zero attached hydrogens (tertiary/aromatic N) is 1. The molecule has 0 amide bonds. The fourth-order valence-corrected chi connectivity index (χ4v) is 1.88. The maximum Gasteiger partial charge on any atom is 0.186 e. The highest BCUT2D eigenvalue weighted by Crippen LogP contribution is 2.31. The van der Waals surface area contributed by atoms with E-state index in [1.807, 2.05) is 0 Å². The van der Waals surface area contributed by atoms with Gasteiger partial charge in [-0.3, -0.25) is 0 Å². The van der Waals surface area contributed by atoms with Crippen LogP contribution in [-0.4, -0.2) is 15.1 Å². The molecule has 2 N–H and O–H groups in total. The standard InChI is InChI=1S/C13H7F3N2O/c14-6-2-1-3-9(19)10(6)13-17-8-5-4-7(15)11(16)12(8)18-13/h1-5,19H,(H,17,18). The molecule has 0 aliphatic carbocycles. The van der Waals surface area contributed by atoms with Gasteiger partial charge in [-0.1, -0.05) is 6.07 Å². The Morgan fingerprint density at radius 1 is 1.00 bits per heavy atom. The van der Waals surface area contributed by atoms with Crippen molar-refractivity contribution in [1.82, 2.24) is 9.97 Å². The van der Waals surface area contributed by atoms with Gasteiger partial charge in [-0.2, -0.15) is 0 Å². The summed E-state index contributed by atoms with van der Waals surface area (Å²) in [6.07, 6.45) is 0. The molecule has 0 unspecified atom stereocenters. The summed E-state index contributed by atoms with van der Waals surface area (Å²) in [6, 6.07) is 5.99. The maximum atomic E-state index is 13.7. The van der Waals surface area contributed by atoms with Crippen molar-refractivity contribution in [2.24, 2.45) is 0 Å². The Hall–Kier alpha value is -2.50. The number of imidazole rings is 1. The predicted octanol–water partition coefficient (Wildman–Crippen LogP) is 3.35. The van der Waals surface area contributed by atoms with Crippen LogP contribution in [0.2, 0.25) is 0 Å². The van der Waals surface area contributed by atoms with Crippen molar-refractivity contribution in [1.29, 1.82) is 0 Å². The summed E-state index contributed by atoms with van der Waals surface area (Å²) in [6.45, 7) is 0. The van der Waals surface area contributed by atoms with Crippen LogP contribution >= 0.6 is 0 Å². The zero-order valence-electron chi connectivity index (χ0n) is 9.42. The summed E-state index contributed by atoms with van der Waals surface area (Å²) >= 11 is 0. The van der Waals surface area contributed by atoms with Crippen LogP contribution in [0, 0.1) is 17.5 Å². The molecule has 0 spiro atoms. The van der Waals surface area contributed by atoms with E-state index in [0.717, 1.165) is 12.1 Å². The van der Waals surface area contributed by atoms with Gasteiger partial charge in [0.1, 0.15) is 22.9 Å². The summed E-state index contributed by atoms with van der Waals surface area (Å²) in [5.74, 6) is -3.26. The lowest BCUT2D eigenvalue weighted by molar-refractivity contribution is 0.471. The van der Waals surface area contributed by atoms with Crippen LogP contribution < -0.4 is 0 Å². The molecule has 0 bridgehead atoms. The molecular formula is C13H7F3N2O. The lowest BCUT2D eigenvalue weighted by atomic mass is 10.2. The molecule has 0 saturated carbocycles. The molecule has 1 aromatic heterocycles. The topological polar surface area (TPSA) is 48.9 Å². The Morgan fingerprint density at radius 2 is 1.79 bits per heavy atom. The zero-order valence-corrected chi connectivity index (χ0v) is 9.42. The Labute approximate surface area is 105 Å².